The van der Waals surface area contributed by atoms with Crippen LogP contribution in [0.2, 0.25) is 0 Å². The van der Waals surface area contributed by atoms with Crippen LogP contribution in [0.15, 0.2) is 0 Å². The van der Waals surface area contributed by atoms with Gasteiger partial charge in [0.05, 0.1) is 6.61 Å². The quantitative estimate of drug-likeness (QED) is 0.856. The van der Waals surface area contributed by atoms with Crippen LogP contribution in [0.1, 0.15) is 28.7 Å². The molecule has 0 aromatic heterocycles. The van der Waals surface area contributed by atoms with Crippen LogP contribution in [-0.2, 0) is 11.2 Å². The van der Waals surface area contributed by atoms with Crippen molar-refractivity contribution in [1.29, 1.82) is 0 Å². The zero-order chi connectivity index (χ0) is 14.4. The van der Waals surface area contributed by atoms with Gasteiger partial charge in [-0.15, -0.1) is 0 Å². The fourth-order valence-electron chi connectivity index (χ4n) is 2.41. The molecule has 0 amide bonds. The molecule has 0 bridgehead atoms. The number of fused-ring (bicyclic) bond motifs is 1. The van der Waals surface area contributed by atoms with Gasteiger partial charge in [0.1, 0.15) is 11.5 Å². The molecule has 108 valence electrons. The van der Waals surface area contributed by atoms with Crippen molar-refractivity contribution in [1.82, 2.24) is 0 Å². The minimum atomic E-state index is 0.292. The summed E-state index contributed by atoms with van der Waals surface area (Å²) in [5.74, 6) is 2.02. The van der Waals surface area contributed by atoms with Gasteiger partial charge in [-0.2, -0.15) is 0 Å². The summed E-state index contributed by atoms with van der Waals surface area (Å²) in [5, 5.41) is 7.00. The molecule has 0 aliphatic carbocycles. The van der Waals surface area contributed by atoms with Crippen LogP contribution in [0.4, 0.5) is 0 Å². The Labute approximate surface area is 115 Å². The van der Waals surface area contributed by atoms with E-state index in [1.807, 2.05) is 0 Å². The average molecular weight is 268 g/mol. The van der Waals surface area contributed by atoms with Crippen molar-refractivity contribution in [3.8, 4) is 11.5 Å². The molecule has 1 aromatic rings. The Morgan fingerprint density at radius 3 is 2.42 bits per heavy atom. The Morgan fingerprint density at radius 1 is 1.11 bits per heavy atom. The predicted octanol–water partition coefficient (Wildman–Crippen LogP) is 2.53. The molecule has 0 saturated heterocycles. The molecule has 0 atom stereocenters. The molecule has 19 heavy (non-hydrogen) atoms. The van der Waals surface area contributed by atoms with Crippen LogP contribution >= 0.6 is 0 Å². The third-order valence-corrected chi connectivity index (χ3v) is 3.45. The highest BCUT2D eigenvalue weighted by Crippen LogP contribution is 2.40. The lowest BCUT2D eigenvalue weighted by Gasteiger charge is -2.25. The highest BCUT2D eigenvalue weighted by molar-refractivity contribution is 5.58. The average Bonchev–Trinajstić information content (AvgIpc) is 2.47. The number of hydrogen-bond donors (Lipinski definition) is 1. The van der Waals surface area contributed by atoms with E-state index in [9.17, 15) is 0 Å². The van der Waals surface area contributed by atoms with E-state index in [-0.39, 0.29) is 0 Å². The minimum absolute atomic E-state index is 0.292. The number of methoxy groups -OCH3 is 1. The molecule has 0 fully saturated rings. The predicted molar refractivity (Wildman–Crippen MR) is 75.1 cm³/mol. The van der Waals surface area contributed by atoms with Crippen molar-refractivity contribution in [3.05, 3.63) is 22.3 Å². The van der Waals surface area contributed by atoms with Crippen molar-refractivity contribution in [3.63, 3.8) is 0 Å². The smallest absolute Gasteiger partial charge is 0.188 e. The second-order valence-electron chi connectivity index (χ2n) is 4.51. The zero-order valence-corrected chi connectivity index (χ0v) is 12.5. The monoisotopic (exact) mass is 268 g/mol. The number of hydrogen-bond acceptors (Lipinski definition) is 4. The lowest BCUT2D eigenvalue weighted by Crippen LogP contribution is -2.14. The van der Waals surface area contributed by atoms with Gasteiger partial charge < -0.3 is 19.3 Å². The number of rotatable bonds is 3. The Hall–Kier alpha value is -1.26. The molecule has 1 heterocycles. The van der Waals surface area contributed by atoms with Gasteiger partial charge in [-0.1, -0.05) is 0 Å². The molecular formula is C15H24O4. The first-order valence-electron chi connectivity index (χ1n) is 6.48. The van der Waals surface area contributed by atoms with Crippen LogP contribution in [0.5, 0.6) is 11.5 Å². The molecule has 0 saturated carbocycles. The van der Waals surface area contributed by atoms with E-state index in [1.54, 1.807) is 7.11 Å². The Balaban J connectivity index is 0.000000861. The summed E-state index contributed by atoms with van der Waals surface area (Å²) in [7, 11) is 2.64. The largest absolute Gasteiger partial charge is 0.493 e. The first-order valence-corrected chi connectivity index (χ1v) is 6.48. The fraction of sp³-hybridized carbons (Fsp3) is 0.600. The topological polar surface area (TPSA) is 47.9 Å². The maximum Gasteiger partial charge on any atom is 0.188 e. The summed E-state index contributed by atoms with van der Waals surface area (Å²) in [6, 6.07) is 0. The molecule has 4 nitrogen and oxygen atoms in total. The first-order chi connectivity index (χ1) is 9.16. The van der Waals surface area contributed by atoms with E-state index in [0.29, 0.717) is 6.79 Å². The molecule has 1 aliphatic rings. The Bertz CT molecular complexity index is 427. The lowest BCUT2D eigenvalue weighted by atomic mass is 9.93. The van der Waals surface area contributed by atoms with Crippen LogP contribution < -0.4 is 9.47 Å². The number of aliphatic hydroxyl groups excluding tert-OH is 1. The maximum absolute atomic E-state index is 7.00. The molecule has 4 heteroatoms. The summed E-state index contributed by atoms with van der Waals surface area (Å²) in [5.41, 5.74) is 4.84. The summed E-state index contributed by atoms with van der Waals surface area (Å²) in [6.45, 7) is 7.39. The molecule has 0 radical (unpaired) electrons. The maximum atomic E-state index is 7.00. The summed E-state index contributed by atoms with van der Waals surface area (Å²) in [4.78, 5) is 0. The van der Waals surface area contributed by atoms with Crippen LogP contribution in [0, 0.1) is 20.8 Å². The van der Waals surface area contributed by atoms with E-state index in [0.717, 1.165) is 43.6 Å². The summed E-state index contributed by atoms with van der Waals surface area (Å²) >= 11 is 0. The first kappa shape index (κ1) is 15.8. The third-order valence-electron chi connectivity index (χ3n) is 3.45. The van der Waals surface area contributed by atoms with Gasteiger partial charge in [-0.05, 0) is 50.3 Å². The second-order valence-corrected chi connectivity index (χ2v) is 4.51. The summed E-state index contributed by atoms with van der Waals surface area (Å²) < 4.78 is 16.5. The van der Waals surface area contributed by atoms with Crippen molar-refractivity contribution in [2.24, 2.45) is 0 Å². The highest BCUT2D eigenvalue weighted by atomic mass is 16.7. The van der Waals surface area contributed by atoms with E-state index in [2.05, 4.69) is 20.8 Å². The molecular weight excluding hydrogens is 244 g/mol. The highest BCUT2D eigenvalue weighted by Gasteiger charge is 2.21. The Kier molecular flexibility index (Phi) is 6.12. The van der Waals surface area contributed by atoms with Gasteiger partial charge in [0.2, 0.25) is 0 Å². The van der Waals surface area contributed by atoms with Gasteiger partial charge in [0.15, 0.2) is 6.79 Å². The van der Waals surface area contributed by atoms with E-state index < -0.39 is 0 Å². The third kappa shape index (κ3) is 3.19. The van der Waals surface area contributed by atoms with Crippen molar-refractivity contribution < 1.29 is 19.3 Å². The normalized spacial score (nSPS) is 12.9. The van der Waals surface area contributed by atoms with Gasteiger partial charge in [0, 0.05) is 19.8 Å². The zero-order valence-electron chi connectivity index (χ0n) is 12.5. The van der Waals surface area contributed by atoms with Gasteiger partial charge >= 0.3 is 0 Å². The Morgan fingerprint density at radius 2 is 1.79 bits per heavy atom. The lowest BCUT2D eigenvalue weighted by molar-refractivity contribution is 0.0499. The van der Waals surface area contributed by atoms with Crippen molar-refractivity contribution >= 4 is 0 Å². The number of ether oxygens (including phenoxy) is 3. The van der Waals surface area contributed by atoms with Crippen LogP contribution in [0.3, 0.4) is 0 Å². The van der Waals surface area contributed by atoms with Gasteiger partial charge in [0.25, 0.3) is 0 Å². The van der Waals surface area contributed by atoms with Gasteiger partial charge in [-0.3, -0.25) is 0 Å². The van der Waals surface area contributed by atoms with E-state index in [4.69, 9.17) is 19.3 Å². The van der Waals surface area contributed by atoms with Gasteiger partial charge in [-0.25, -0.2) is 0 Å². The molecule has 0 spiro atoms. The fourth-order valence-corrected chi connectivity index (χ4v) is 2.41. The second kappa shape index (κ2) is 7.36. The summed E-state index contributed by atoms with van der Waals surface area (Å²) in [6.07, 6.45) is 2.16. The molecule has 2 rings (SSSR count). The van der Waals surface area contributed by atoms with Crippen molar-refractivity contribution in [2.45, 2.75) is 33.6 Å². The van der Waals surface area contributed by atoms with Crippen LogP contribution in [-0.4, -0.2) is 32.7 Å². The van der Waals surface area contributed by atoms with Crippen molar-refractivity contribution in [2.75, 3.05) is 27.6 Å². The molecule has 0 unspecified atom stereocenters. The number of aliphatic hydroxyl groups is 1. The van der Waals surface area contributed by atoms with E-state index >= 15 is 0 Å². The van der Waals surface area contributed by atoms with E-state index in [1.165, 1.54) is 16.7 Å². The molecule has 1 N–H and O–H groups in total. The van der Waals surface area contributed by atoms with Crippen LogP contribution in [0.25, 0.3) is 0 Å². The standard InChI is InChI=1S/C14H20O3.CH4O/c1-9-10(2)14-12(6-5-7-16-14)11(3)13(9)17-8-15-4;1-2/h5-8H2,1-4H3;2H,1H3. The molecule has 1 aromatic carbocycles. The molecule has 1 aliphatic heterocycles. The minimum Gasteiger partial charge on any atom is -0.493 e. The number of benzene rings is 1. The SMILES string of the molecule is CO.COCOc1c(C)c(C)c2c(c1C)CCCO2.